The predicted molar refractivity (Wildman–Crippen MR) is 109 cm³/mol. The van der Waals surface area contributed by atoms with E-state index in [2.05, 4.69) is 78.1 Å². The topological polar surface area (TPSA) is 31.6 Å². The van der Waals surface area contributed by atoms with Gasteiger partial charge in [-0.25, -0.2) is 0 Å². The maximum Gasteiger partial charge on any atom is 0.0565 e. The number of aromatic nitrogens is 2. The van der Waals surface area contributed by atoms with Crippen molar-refractivity contribution in [2.24, 2.45) is 0 Å². The van der Waals surface area contributed by atoms with Crippen LogP contribution in [-0.2, 0) is 0 Å². The quantitative estimate of drug-likeness (QED) is 0.447. The van der Waals surface area contributed by atoms with Gasteiger partial charge in [-0.05, 0) is 24.5 Å². The average Bonchev–Trinajstić information content (AvgIpc) is 3.19. The highest BCUT2D eigenvalue weighted by Gasteiger charge is 2.11. The summed E-state index contributed by atoms with van der Waals surface area (Å²) < 4.78 is 0. The van der Waals surface area contributed by atoms with Gasteiger partial charge < -0.3 is 9.97 Å². The van der Waals surface area contributed by atoms with Crippen molar-refractivity contribution in [2.45, 2.75) is 6.92 Å². The molecule has 5 aromatic rings. The lowest BCUT2D eigenvalue weighted by molar-refractivity contribution is 1.36. The smallest absolute Gasteiger partial charge is 0.0565 e. The van der Waals surface area contributed by atoms with Crippen molar-refractivity contribution < 1.29 is 0 Å². The first-order chi connectivity index (χ1) is 12.3. The molecule has 0 saturated carbocycles. The van der Waals surface area contributed by atoms with E-state index in [-0.39, 0.29) is 0 Å². The fourth-order valence-electron chi connectivity index (χ4n) is 4.00. The summed E-state index contributed by atoms with van der Waals surface area (Å²) in [5, 5.41) is 8.59. The van der Waals surface area contributed by atoms with Crippen molar-refractivity contribution in [1.82, 2.24) is 9.97 Å². The Morgan fingerprint density at radius 2 is 1.60 bits per heavy atom. The van der Waals surface area contributed by atoms with Crippen molar-refractivity contribution >= 4 is 55.6 Å². The monoisotopic (exact) mass is 322 g/mol. The van der Waals surface area contributed by atoms with Crippen molar-refractivity contribution in [3.05, 3.63) is 71.8 Å². The molecule has 0 atom stereocenters. The standard InChI is InChI=1S/C23H18N2/c1-3-7-19-15(4-2)17-12-10-14-11-13-18-16-8-5-6-9-20(16)25-23(18)21(14)22(17)24-19/h3-13,24-25H,1H2,2H3/b15-4-,19-7+. The van der Waals surface area contributed by atoms with Crippen molar-refractivity contribution in [3.63, 3.8) is 0 Å². The van der Waals surface area contributed by atoms with E-state index in [9.17, 15) is 0 Å². The highest BCUT2D eigenvalue weighted by molar-refractivity contribution is 6.23. The number of fused-ring (bicyclic) bond motifs is 7. The molecular formula is C23H18N2. The zero-order chi connectivity index (χ0) is 17.0. The SMILES string of the molecule is C=C/C=c1/[nH]c2c(ccc3ccc4c5ccccc5[nH]c4c32)/c1=C/C. The van der Waals surface area contributed by atoms with Gasteiger partial charge in [0.15, 0.2) is 0 Å². The molecule has 2 nitrogen and oxygen atoms in total. The lowest BCUT2D eigenvalue weighted by Gasteiger charge is -2.02. The van der Waals surface area contributed by atoms with Gasteiger partial charge in [-0.3, -0.25) is 0 Å². The van der Waals surface area contributed by atoms with Crippen molar-refractivity contribution in [1.29, 1.82) is 0 Å². The van der Waals surface area contributed by atoms with Crippen molar-refractivity contribution in [2.75, 3.05) is 0 Å². The summed E-state index contributed by atoms with van der Waals surface area (Å²) in [4.78, 5) is 7.25. The number of para-hydroxylation sites is 1. The van der Waals surface area contributed by atoms with Gasteiger partial charge in [0.2, 0.25) is 0 Å². The number of rotatable bonds is 1. The third-order valence-electron chi connectivity index (χ3n) is 5.08. The van der Waals surface area contributed by atoms with Crippen LogP contribution in [0.3, 0.4) is 0 Å². The van der Waals surface area contributed by atoms with Gasteiger partial charge in [0.25, 0.3) is 0 Å². The average molecular weight is 322 g/mol. The molecule has 0 aliphatic carbocycles. The van der Waals surface area contributed by atoms with E-state index in [0.29, 0.717) is 0 Å². The first-order valence-corrected chi connectivity index (χ1v) is 8.54. The molecule has 0 fully saturated rings. The molecule has 0 aliphatic heterocycles. The van der Waals surface area contributed by atoms with Crippen LogP contribution in [0.15, 0.2) is 61.2 Å². The van der Waals surface area contributed by atoms with E-state index in [4.69, 9.17) is 0 Å². The molecular weight excluding hydrogens is 304 g/mol. The second kappa shape index (κ2) is 5.12. The maximum atomic E-state index is 3.85. The summed E-state index contributed by atoms with van der Waals surface area (Å²) in [6.07, 6.45) is 6.02. The lowest BCUT2D eigenvalue weighted by atomic mass is 10.0. The Kier molecular flexibility index (Phi) is 2.89. The number of H-pyrrole nitrogens is 2. The summed E-state index contributed by atoms with van der Waals surface area (Å²) >= 11 is 0. The third-order valence-corrected chi connectivity index (χ3v) is 5.08. The van der Waals surface area contributed by atoms with E-state index in [1.54, 1.807) is 0 Å². The summed E-state index contributed by atoms with van der Waals surface area (Å²) in [7, 11) is 0. The molecule has 0 unspecified atom stereocenters. The molecule has 0 spiro atoms. The number of hydrogen-bond acceptors (Lipinski definition) is 0. The summed E-state index contributed by atoms with van der Waals surface area (Å²) in [5.41, 5.74) is 3.54. The molecule has 2 heterocycles. The fourth-order valence-corrected chi connectivity index (χ4v) is 4.00. The summed E-state index contributed by atoms with van der Waals surface area (Å²) in [6, 6.07) is 17.3. The minimum atomic E-state index is 1.10. The van der Waals surface area contributed by atoms with Gasteiger partial charge in [-0.1, -0.05) is 61.2 Å². The summed E-state index contributed by atoms with van der Waals surface area (Å²) in [6.45, 7) is 5.93. The molecule has 25 heavy (non-hydrogen) atoms. The Labute approximate surface area is 144 Å². The second-order valence-corrected chi connectivity index (χ2v) is 6.39. The number of benzene rings is 3. The molecule has 0 radical (unpaired) electrons. The first kappa shape index (κ1) is 14.1. The molecule has 0 bridgehead atoms. The molecule has 2 aromatic heterocycles. The number of nitrogens with one attached hydrogen (secondary N) is 2. The van der Waals surface area contributed by atoms with E-state index in [0.717, 1.165) is 5.35 Å². The Morgan fingerprint density at radius 1 is 0.840 bits per heavy atom. The van der Waals surface area contributed by atoms with E-state index < -0.39 is 0 Å². The Morgan fingerprint density at radius 3 is 2.40 bits per heavy atom. The zero-order valence-corrected chi connectivity index (χ0v) is 14.1. The molecule has 3 aromatic carbocycles. The fraction of sp³-hybridized carbons (Fsp3) is 0.0435. The van der Waals surface area contributed by atoms with Crippen LogP contribution in [0.25, 0.3) is 55.6 Å². The molecule has 0 aliphatic rings. The molecule has 2 N–H and O–H groups in total. The lowest BCUT2D eigenvalue weighted by Crippen LogP contribution is -2.21. The third kappa shape index (κ3) is 1.85. The van der Waals surface area contributed by atoms with Gasteiger partial charge in [-0.15, -0.1) is 0 Å². The van der Waals surface area contributed by atoms with Crippen LogP contribution < -0.4 is 10.6 Å². The molecule has 0 amide bonds. The molecule has 0 saturated heterocycles. The van der Waals surface area contributed by atoms with Crippen LogP contribution in [0.4, 0.5) is 0 Å². The van der Waals surface area contributed by atoms with Crippen molar-refractivity contribution in [3.8, 4) is 0 Å². The minimum absolute atomic E-state index is 1.10. The molecule has 2 heteroatoms. The molecule has 5 rings (SSSR count). The van der Waals surface area contributed by atoms with E-state index in [1.807, 2.05) is 12.2 Å². The van der Waals surface area contributed by atoms with Gasteiger partial charge in [0.1, 0.15) is 0 Å². The van der Waals surface area contributed by atoms with Gasteiger partial charge in [-0.2, -0.15) is 0 Å². The van der Waals surface area contributed by atoms with Crippen LogP contribution in [0.5, 0.6) is 0 Å². The Bertz CT molecular complexity index is 1410. The second-order valence-electron chi connectivity index (χ2n) is 6.39. The Balaban J connectivity index is 2.11. The van der Waals surface area contributed by atoms with Crippen LogP contribution in [0.2, 0.25) is 0 Å². The normalized spacial score (nSPS) is 13.6. The van der Waals surface area contributed by atoms with Gasteiger partial charge in [0.05, 0.1) is 11.0 Å². The van der Waals surface area contributed by atoms with Crippen LogP contribution in [0, 0.1) is 0 Å². The van der Waals surface area contributed by atoms with Crippen LogP contribution in [-0.4, -0.2) is 9.97 Å². The highest BCUT2D eigenvalue weighted by Crippen LogP contribution is 2.33. The number of hydrogen-bond donors (Lipinski definition) is 2. The van der Waals surface area contributed by atoms with Gasteiger partial charge in [0, 0.05) is 37.6 Å². The zero-order valence-electron chi connectivity index (χ0n) is 14.1. The largest absolute Gasteiger partial charge is 0.354 e. The first-order valence-electron chi connectivity index (χ1n) is 8.54. The number of aromatic amines is 2. The predicted octanol–water partition coefficient (Wildman–Crippen LogP) is 4.72. The summed E-state index contributed by atoms with van der Waals surface area (Å²) in [5.74, 6) is 0. The minimum Gasteiger partial charge on any atom is -0.354 e. The van der Waals surface area contributed by atoms with E-state index >= 15 is 0 Å². The number of allylic oxidation sites excluding steroid dienone is 1. The Hall–Kier alpha value is -3.26. The molecule has 120 valence electrons. The van der Waals surface area contributed by atoms with Crippen LogP contribution in [0.1, 0.15) is 6.92 Å². The van der Waals surface area contributed by atoms with E-state index in [1.165, 1.54) is 48.7 Å². The van der Waals surface area contributed by atoms with Crippen LogP contribution >= 0.6 is 0 Å². The maximum absolute atomic E-state index is 3.85. The van der Waals surface area contributed by atoms with Gasteiger partial charge >= 0.3 is 0 Å². The highest BCUT2D eigenvalue weighted by atomic mass is 14.7.